The van der Waals surface area contributed by atoms with Crippen molar-refractivity contribution in [1.29, 1.82) is 0 Å². The van der Waals surface area contributed by atoms with Gasteiger partial charge >= 0.3 is 5.97 Å². The lowest BCUT2D eigenvalue weighted by Gasteiger charge is -2.12. The van der Waals surface area contributed by atoms with E-state index in [4.69, 9.17) is 21.1 Å². The zero-order valence-corrected chi connectivity index (χ0v) is 18.6. The highest BCUT2D eigenvalue weighted by Crippen LogP contribution is 2.25. The third-order valence-electron chi connectivity index (χ3n) is 4.84. The Bertz CT molecular complexity index is 723. The molecule has 0 bridgehead atoms. The predicted octanol–water partition coefficient (Wildman–Crippen LogP) is 7.26. The summed E-state index contributed by atoms with van der Waals surface area (Å²) in [6.07, 6.45) is 7.57. The molecule has 2 aromatic carbocycles. The number of ether oxygens (including phenoxy) is 2. The van der Waals surface area contributed by atoms with Crippen molar-refractivity contribution in [2.45, 2.75) is 64.7 Å². The number of hydrogen-bond acceptors (Lipinski definition) is 3. The molecule has 0 heterocycles. The van der Waals surface area contributed by atoms with Gasteiger partial charge in [-0.05, 0) is 47.7 Å². The molecule has 29 heavy (non-hydrogen) atoms. The minimum Gasteiger partial charge on any atom is -0.494 e. The summed E-state index contributed by atoms with van der Waals surface area (Å²) in [6.45, 7) is 6.79. The Labute approximate surface area is 180 Å². The zero-order valence-electron chi connectivity index (χ0n) is 17.8. The van der Waals surface area contributed by atoms with Gasteiger partial charge in [-0.25, -0.2) is 0 Å². The molecule has 0 aromatic heterocycles. The first-order valence-electron chi connectivity index (χ1n) is 10.7. The summed E-state index contributed by atoms with van der Waals surface area (Å²) in [7, 11) is 0. The van der Waals surface area contributed by atoms with Crippen LogP contribution in [0, 0.1) is 5.92 Å². The number of carbonyl (C=O) groups is 1. The van der Waals surface area contributed by atoms with Gasteiger partial charge in [0, 0.05) is 0 Å². The standard InChI is InChI=1S/C25H33ClO3/c1-4-5-6-7-8-9-18-28-22-14-10-20(11-15-22)21-12-16-23(17-13-21)29-25(27)24(26)19(2)3/h10-17,19,24H,4-9,18H2,1-3H3. The van der Waals surface area contributed by atoms with Crippen LogP contribution in [-0.4, -0.2) is 18.0 Å². The lowest BCUT2D eigenvalue weighted by Crippen LogP contribution is -2.25. The van der Waals surface area contributed by atoms with Gasteiger partial charge in [-0.2, -0.15) is 0 Å². The van der Waals surface area contributed by atoms with Crippen molar-refractivity contribution in [2.75, 3.05) is 6.61 Å². The molecule has 0 fully saturated rings. The average molecular weight is 417 g/mol. The molecule has 0 aliphatic rings. The maximum absolute atomic E-state index is 12.0. The number of esters is 1. The van der Waals surface area contributed by atoms with E-state index < -0.39 is 11.3 Å². The van der Waals surface area contributed by atoms with Gasteiger partial charge in [0.2, 0.25) is 0 Å². The maximum atomic E-state index is 12.0. The molecule has 1 atom stereocenters. The first-order valence-corrected chi connectivity index (χ1v) is 11.1. The molecule has 0 N–H and O–H groups in total. The van der Waals surface area contributed by atoms with Crippen LogP contribution in [0.2, 0.25) is 0 Å². The molecule has 0 saturated heterocycles. The molecular formula is C25H33ClO3. The van der Waals surface area contributed by atoms with E-state index >= 15 is 0 Å². The number of alkyl halides is 1. The molecule has 0 spiro atoms. The summed E-state index contributed by atoms with van der Waals surface area (Å²) < 4.78 is 11.2. The van der Waals surface area contributed by atoms with E-state index in [2.05, 4.69) is 6.92 Å². The van der Waals surface area contributed by atoms with Crippen LogP contribution >= 0.6 is 11.6 Å². The van der Waals surface area contributed by atoms with Crippen molar-refractivity contribution in [3.8, 4) is 22.6 Å². The fraction of sp³-hybridized carbons (Fsp3) is 0.480. The van der Waals surface area contributed by atoms with Crippen molar-refractivity contribution in [3.63, 3.8) is 0 Å². The molecule has 0 amide bonds. The fourth-order valence-corrected chi connectivity index (χ4v) is 3.02. The van der Waals surface area contributed by atoms with Crippen LogP contribution in [0.5, 0.6) is 11.5 Å². The van der Waals surface area contributed by atoms with E-state index in [-0.39, 0.29) is 5.92 Å². The molecule has 0 aliphatic heterocycles. The highest BCUT2D eigenvalue weighted by molar-refractivity contribution is 6.30. The van der Waals surface area contributed by atoms with Crippen LogP contribution in [0.3, 0.4) is 0 Å². The van der Waals surface area contributed by atoms with E-state index in [0.29, 0.717) is 5.75 Å². The third-order valence-corrected chi connectivity index (χ3v) is 5.52. The minimum absolute atomic E-state index is 0.0326. The molecular weight excluding hydrogens is 384 g/mol. The topological polar surface area (TPSA) is 35.5 Å². The van der Waals surface area contributed by atoms with Gasteiger partial charge < -0.3 is 9.47 Å². The van der Waals surface area contributed by atoms with E-state index in [1.807, 2.05) is 50.2 Å². The van der Waals surface area contributed by atoms with Crippen LogP contribution in [0.4, 0.5) is 0 Å². The molecule has 158 valence electrons. The Kier molecular flexibility index (Phi) is 10.1. The summed E-state index contributed by atoms with van der Waals surface area (Å²) in [5.74, 6) is 1.02. The second-order valence-corrected chi connectivity index (χ2v) is 8.20. The SMILES string of the molecule is CCCCCCCCOc1ccc(-c2ccc(OC(=O)C(Cl)C(C)C)cc2)cc1. The molecule has 3 nitrogen and oxygen atoms in total. The van der Waals surface area contributed by atoms with Gasteiger partial charge in [0.1, 0.15) is 16.9 Å². The molecule has 4 heteroatoms. The second-order valence-electron chi connectivity index (χ2n) is 7.73. The molecule has 0 radical (unpaired) electrons. The van der Waals surface area contributed by atoms with Gasteiger partial charge in [-0.3, -0.25) is 4.79 Å². The summed E-state index contributed by atoms with van der Waals surface area (Å²) in [5.41, 5.74) is 2.14. The third kappa shape index (κ3) is 8.10. The first-order chi connectivity index (χ1) is 14.0. The normalized spacial score (nSPS) is 12.0. The highest BCUT2D eigenvalue weighted by Gasteiger charge is 2.21. The quantitative estimate of drug-likeness (QED) is 0.158. The monoisotopic (exact) mass is 416 g/mol. The van der Waals surface area contributed by atoms with Crippen LogP contribution in [0.1, 0.15) is 59.3 Å². The van der Waals surface area contributed by atoms with Crippen LogP contribution < -0.4 is 9.47 Å². The summed E-state index contributed by atoms with van der Waals surface area (Å²) in [6, 6.07) is 15.6. The van der Waals surface area contributed by atoms with E-state index in [0.717, 1.165) is 29.9 Å². The lowest BCUT2D eigenvalue weighted by molar-refractivity contribution is -0.134. The van der Waals surface area contributed by atoms with Crippen molar-refractivity contribution in [2.24, 2.45) is 5.92 Å². The Morgan fingerprint density at radius 2 is 1.34 bits per heavy atom. The van der Waals surface area contributed by atoms with Crippen molar-refractivity contribution in [3.05, 3.63) is 48.5 Å². The van der Waals surface area contributed by atoms with Gasteiger partial charge in [0.05, 0.1) is 6.61 Å². The van der Waals surface area contributed by atoms with Gasteiger partial charge in [0.25, 0.3) is 0 Å². The molecule has 2 aromatic rings. The Hall–Kier alpha value is -2.00. The minimum atomic E-state index is -0.640. The molecule has 1 unspecified atom stereocenters. The number of benzene rings is 2. The zero-order chi connectivity index (χ0) is 21.1. The Morgan fingerprint density at radius 3 is 1.90 bits per heavy atom. The van der Waals surface area contributed by atoms with Crippen LogP contribution in [0.15, 0.2) is 48.5 Å². The summed E-state index contributed by atoms with van der Waals surface area (Å²) in [5, 5.41) is -0.640. The smallest absolute Gasteiger partial charge is 0.329 e. The van der Waals surface area contributed by atoms with E-state index in [1.54, 1.807) is 12.1 Å². The second kappa shape index (κ2) is 12.5. The molecule has 0 saturated carbocycles. The van der Waals surface area contributed by atoms with Gasteiger partial charge in [0.15, 0.2) is 0 Å². The number of rotatable bonds is 12. The maximum Gasteiger partial charge on any atom is 0.329 e. The van der Waals surface area contributed by atoms with Crippen molar-refractivity contribution < 1.29 is 14.3 Å². The summed E-state index contributed by atoms with van der Waals surface area (Å²) >= 11 is 6.05. The number of unbranched alkanes of at least 4 members (excludes halogenated alkanes) is 5. The Balaban J connectivity index is 1.81. The molecule has 0 aliphatic carbocycles. The van der Waals surface area contributed by atoms with Gasteiger partial charge in [-0.1, -0.05) is 77.1 Å². The predicted molar refractivity (Wildman–Crippen MR) is 121 cm³/mol. The fourth-order valence-electron chi connectivity index (χ4n) is 2.98. The number of hydrogen-bond donors (Lipinski definition) is 0. The number of carbonyl (C=O) groups excluding carboxylic acids is 1. The largest absolute Gasteiger partial charge is 0.494 e. The Morgan fingerprint density at radius 1 is 0.828 bits per heavy atom. The van der Waals surface area contributed by atoms with Crippen LogP contribution in [0.25, 0.3) is 11.1 Å². The lowest BCUT2D eigenvalue weighted by atomic mass is 10.1. The summed E-state index contributed by atoms with van der Waals surface area (Å²) in [4.78, 5) is 12.0. The van der Waals surface area contributed by atoms with Crippen LogP contribution in [-0.2, 0) is 4.79 Å². The average Bonchev–Trinajstić information content (AvgIpc) is 2.73. The highest BCUT2D eigenvalue weighted by atomic mass is 35.5. The first kappa shape index (κ1) is 23.3. The molecule has 2 rings (SSSR count). The van der Waals surface area contributed by atoms with E-state index in [9.17, 15) is 4.79 Å². The van der Waals surface area contributed by atoms with Crippen molar-refractivity contribution in [1.82, 2.24) is 0 Å². The van der Waals surface area contributed by atoms with E-state index in [1.165, 1.54) is 32.1 Å². The number of halogens is 1. The van der Waals surface area contributed by atoms with Crippen molar-refractivity contribution >= 4 is 17.6 Å². The van der Waals surface area contributed by atoms with Gasteiger partial charge in [-0.15, -0.1) is 11.6 Å².